The molecule has 0 saturated carbocycles. The summed E-state index contributed by atoms with van der Waals surface area (Å²) in [5, 5.41) is 4.71. The first-order valence-electron chi connectivity index (χ1n) is 7.89. The summed E-state index contributed by atoms with van der Waals surface area (Å²) in [6, 6.07) is 5.36. The highest BCUT2D eigenvalue weighted by molar-refractivity contribution is 7.17. The fraction of sp³-hybridized carbons (Fsp3) is 0.412. The zero-order valence-electron chi connectivity index (χ0n) is 14.0. The topological polar surface area (TPSA) is 45.2 Å². The summed E-state index contributed by atoms with van der Waals surface area (Å²) in [6.07, 6.45) is 0. The number of hydrogen-bond acceptors (Lipinski definition) is 4. The van der Waals surface area contributed by atoms with Crippen molar-refractivity contribution in [2.24, 2.45) is 0 Å². The number of rotatable bonds is 7. The van der Waals surface area contributed by atoms with Gasteiger partial charge in [0, 0.05) is 18.7 Å². The third-order valence-electron chi connectivity index (χ3n) is 3.78. The standard InChI is InChI=1S/C17H21Cl2N3OS/c1-4-22(5-2)9-8-20-16(23)15-11(3)21-17(24-15)12-6-7-13(18)14(19)10-12/h6-7,10H,4-5,8-9H2,1-3H3,(H,20,23). The van der Waals surface area contributed by atoms with E-state index in [9.17, 15) is 4.79 Å². The van der Waals surface area contributed by atoms with E-state index in [4.69, 9.17) is 23.2 Å². The molecule has 0 aliphatic heterocycles. The molecule has 1 aromatic heterocycles. The minimum absolute atomic E-state index is 0.0801. The lowest BCUT2D eigenvalue weighted by molar-refractivity contribution is 0.0952. The molecule has 4 nitrogen and oxygen atoms in total. The Balaban J connectivity index is 2.07. The highest BCUT2D eigenvalue weighted by atomic mass is 35.5. The van der Waals surface area contributed by atoms with Crippen LogP contribution in [0.15, 0.2) is 18.2 Å². The number of hydrogen-bond donors (Lipinski definition) is 1. The lowest BCUT2D eigenvalue weighted by Gasteiger charge is -2.17. The average molecular weight is 386 g/mol. The van der Waals surface area contributed by atoms with Crippen molar-refractivity contribution in [2.45, 2.75) is 20.8 Å². The highest BCUT2D eigenvalue weighted by Crippen LogP contribution is 2.32. The molecule has 0 spiro atoms. The third-order valence-corrected chi connectivity index (χ3v) is 5.72. The van der Waals surface area contributed by atoms with Crippen LogP contribution in [0.1, 0.15) is 29.2 Å². The van der Waals surface area contributed by atoms with E-state index in [1.165, 1.54) is 11.3 Å². The molecular formula is C17H21Cl2N3OS. The normalized spacial score (nSPS) is 11.1. The van der Waals surface area contributed by atoms with Gasteiger partial charge >= 0.3 is 0 Å². The first-order valence-corrected chi connectivity index (χ1v) is 9.46. The number of likely N-dealkylation sites (N-methyl/N-ethyl adjacent to an activating group) is 1. The third kappa shape index (κ3) is 4.70. The fourth-order valence-electron chi connectivity index (χ4n) is 2.31. The lowest BCUT2D eigenvalue weighted by atomic mass is 10.2. The molecule has 0 unspecified atom stereocenters. The van der Waals surface area contributed by atoms with Gasteiger partial charge in [-0.25, -0.2) is 4.98 Å². The van der Waals surface area contributed by atoms with E-state index in [0.29, 0.717) is 21.5 Å². The van der Waals surface area contributed by atoms with E-state index >= 15 is 0 Å². The number of nitrogens with zero attached hydrogens (tertiary/aromatic N) is 2. The van der Waals surface area contributed by atoms with Gasteiger partial charge in [-0.2, -0.15) is 0 Å². The van der Waals surface area contributed by atoms with Crippen molar-refractivity contribution >= 4 is 40.4 Å². The van der Waals surface area contributed by atoms with Gasteiger partial charge in [0.1, 0.15) is 9.88 Å². The van der Waals surface area contributed by atoms with Crippen molar-refractivity contribution in [2.75, 3.05) is 26.2 Å². The first kappa shape index (κ1) is 19.2. The van der Waals surface area contributed by atoms with E-state index in [1.807, 2.05) is 13.0 Å². The van der Waals surface area contributed by atoms with E-state index < -0.39 is 0 Å². The Hall–Kier alpha value is -1.14. The molecule has 1 N–H and O–H groups in total. The van der Waals surface area contributed by atoms with Crippen molar-refractivity contribution in [3.8, 4) is 10.6 Å². The number of carbonyl (C=O) groups is 1. The second-order valence-corrected chi connectivity index (χ2v) is 7.16. The molecule has 1 heterocycles. The molecule has 0 fully saturated rings. The Morgan fingerprint density at radius 2 is 1.96 bits per heavy atom. The number of amides is 1. The Kier molecular flexibility index (Phi) is 7.04. The minimum atomic E-state index is -0.0801. The predicted molar refractivity (Wildman–Crippen MR) is 102 cm³/mol. The molecule has 130 valence electrons. The lowest BCUT2D eigenvalue weighted by Crippen LogP contribution is -2.34. The Morgan fingerprint density at radius 1 is 1.25 bits per heavy atom. The molecular weight excluding hydrogens is 365 g/mol. The summed E-state index contributed by atoms with van der Waals surface area (Å²) >= 11 is 13.4. The monoisotopic (exact) mass is 385 g/mol. The molecule has 1 aromatic carbocycles. The van der Waals surface area contributed by atoms with Gasteiger partial charge in [-0.05, 0) is 32.1 Å². The summed E-state index contributed by atoms with van der Waals surface area (Å²) in [6.45, 7) is 9.50. The Bertz CT molecular complexity index is 714. The maximum Gasteiger partial charge on any atom is 0.263 e. The van der Waals surface area contributed by atoms with Crippen LogP contribution in [-0.2, 0) is 0 Å². The van der Waals surface area contributed by atoms with E-state index in [0.717, 1.165) is 35.9 Å². The van der Waals surface area contributed by atoms with Crippen LogP contribution in [0.3, 0.4) is 0 Å². The van der Waals surface area contributed by atoms with Crippen LogP contribution in [0.25, 0.3) is 10.6 Å². The van der Waals surface area contributed by atoms with Crippen LogP contribution in [-0.4, -0.2) is 42.0 Å². The molecule has 0 saturated heterocycles. The predicted octanol–water partition coefficient (Wildman–Crippen LogP) is 4.50. The van der Waals surface area contributed by atoms with Gasteiger partial charge in [0.05, 0.1) is 15.7 Å². The highest BCUT2D eigenvalue weighted by Gasteiger charge is 2.16. The van der Waals surface area contributed by atoms with Crippen molar-refractivity contribution in [3.05, 3.63) is 38.8 Å². The Labute approximate surface area is 156 Å². The van der Waals surface area contributed by atoms with Gasteiger partial charge in [-0.1, -0.05) is 43.1 Å². The van der Waals surface area contributed by atoms with E-state index in [1.54, 1.807) is 12.1 Å². The number of aryl methyl sites for hydroxylation is 1. The van der Waals surface area contributed by atoms with Crippen molar-refractivity contribution in [1.82, 2.24) is 15.2 Å². The number of carbonyl (C=O) groups excluding carboxylic acids is 1. The summed E-state index contributed by atoms with van der Waals surface area (Å²) < 4.78 is 0. The molecule has 0 aliphatic carbocycles. The van der Waals surface area contributed by atoms with Gasteiger partial charge in [0.2, 0.25) is 0 Å². The second-order valence-electron chi connectivity index (χ2n) is 5.35. The molecule has 2 aromatic rings. The number of benzene rings is 1. The summed E-state index contributed by atoms with van der Waals surface area (Å²) in [5.41, 5.74) is 1.58. The molecule has 7 heteroatoms. The second kappa shape index (κ2) is 8.81. The van der Waals surface area contributed by atoms with Crippen LogP contribution >= 0.6 is 34.5 Å². The van der Waals surface area contributed by atoms with Gasteiger partial charge in [0.15, 0.2) is 0 Å². The molecule has 24 heavy (non-hydrogen) atoms. The maximum absolute atomic E-state index is 12.4. The van der Waals surface area contributed by atoms with Crippen LogP contribution in [0.5, 0.6) is 0 Å². The zero-order valence-corrected chi connectivity index (χ0v) is 16.4. The van der Waals surface area contributed by atoms with Gasteiger partial charge in [-0.3, -0.25) is 4.79 Å². The molecule has 0 radical (unpaired) electrons. The first-order chi connectivity index (χ1) is 11.5. The number of halogens is 2. The molecule has 0 atom stereocenters. The summed E-state index contributed by atoms with van der Waals surface area (Å²) in [4.78, 5) is 19.8. The molecule has 0 bridgehead atoms. The minimum Gasteiger partial charge on any atom is -0.350 e. The van der Waals surface area contributed by atoms with E-state index in [-0.39, 0.29) is 5.91 Å². The Morgan fingerprint density at radius 3 is 2.58 bits per heavy atom. The van der Waals surface area contributed by atoms with Gasteiger partial charge in [0.25, 0.3) is 5.91 Å². The largest absolute Gasteiger partial charge is 0.350 e. The smallest absolute Gasteiger partial charge is 0.263 e. The van der Waals surface area contributed by atoms with Crippen molar-refractivity contribution in [1.29, 1.82) is 0 Å². The van der Waals surface area contributed by atoms with Gasteiger partial charge in [-0.15, -0.1) is 11.3 Å². The van der Waals surface area contributed by atoms with Crippen molar-refractivity contribution < 1.29 is 4.79 Å². The van der Waals surface area contributed by atoms with Crippen LogP contribution in [0, 0.1) is 6.92 Å². The number of aromatic nitrogens is 1. The van der Waals surface area contributed by atoms with Gasteiger partial charge < -0.3 is 10.2 Å². The zero-order chi connectivity index (χ0) is 17.7. The van der Waals surface area contributed by atoms with Crippen LogP contribution in [0.4, 0.5) is 0 Å². The van der Waals surface area contributed by atoms with E-state index in [2.05, 4.69) is 29.0 Å². The molecule has 0 aliphatic rings. The molecule has 2 rings (SSSR count). The quantitative estimate of drug-likeness (QED) is 0.762. The van der Waals surface area contributed by atoms with Crippen LogP contribution in [0.2, 0.25) is 10.0 Å². The number of nitrogens with one attached hydrogen (secondary N) is 1. The molecule has 1 amide bonds. The summed E-state index contributed by atoms with van der Waals surface area (Å²) in [7, 11) is 0. The summed E-state index contributed by atoms with van der Waals surface area (Å²) in [5.74, 6) is -0.0801. The fourth-order valence-corrected chi connectivity index (χ4v) is 3.58. The maximum atomic E-state index is 12.4. The SMILES string of the molecule is CCN(CC)CCNC(=O)c1sc(-c2ccc(Cl)c(Cl)c2)nc1C. The average Bonchev–Trinajstić information content (AvgIpc) is 2.96. The number of thiazole rings is 1. The van der Waals surface area contributed by atoms with Crippen molar-refractivity contribution in [3.63, 3.8) is 0 Å². The van der Waals surface area contributed by atoms with Crippen LogP contribution < -0.4 is 5.32 Å².